The molecule has 2 fully saturated rings. The summed E-state index contributed by atoms with van der Waals surface area (Å²) < 4.78 is 43.9. The molecular weight excluding hydrogens is 351 g/mol. The summed E-state index contributed by atoms with van der Waals surface area (Å²) in [6.07, 6.45) is -1.87. The minimum absolute atomic E-state index is 0.0211. The first kappa shape index (κ1) is 18.7. The fourth-order valence-electron chi connectivity index (χ4n) is 3.71. The van der Waals surface area contributed by atoms with E-state index in [1.807, 2.05) is 0 Å². The number of nitrogens with zero attached hydrogens (tertiary/aromatic N) is 1. The predicted molar refractivity (Wildman–Crippen MR) is 85.4 cm³/mol. The predicted octanol–water partition coefficient (Wildman–Crippen LogP) is 3.54. The monoisotopic (exact) mass is 371 g/mol. The number of hydrogen-bond acceptors (Lipinski definition) is 3. The molecule has 1 saturated carbocycles. The van der Waals surface area contributed by atoms with E-state index < -0.39 is 35.4 Å². The van der Waals surface area contributed by atoms with Crippen LogP contribution < -0.4 is 0 Å². The number of aliphatic carboxylic acids is 1. The van der Waals surface area contributed by atoms with E-state index in [-0.39, 0.29) is 12.2 Å². The van der Waals surface area contributed by atoms with Gasteiger partial charge in [0.25, 0.3) is 5.91 Å². The highest BCUT2D eigenvalue weighted by molar-refractivity contribution is 5.97. The topological polar surface area (TPSA) is 66.8 Å². The lowest BCUT2D eigenvalue weighted by Crippen LogP contribution is -2.55. The Hall–Kier alpha value is -2.09. The third-order valence-corrected chi connectivity index (χ3v) is 5.28. The van der Waals surface area contributed by atoms with Crippen molar-refractivity contribution in [1.82, 2.24) is 4.90 Å². The van der Waals surface area contributed by atoms with Crippen LogP contribution in [0.3, 0.4) is 0 Å². The molecule has 0 radical (unpaired) electrons. The van der Waals surface area contributed by atoms with Crippen LogP contribution in [0.25, 0.3) is 0 Å². The number of carbonyl (C=O) groups is 2. The van der Waals surface area contributed by atoms with Crippen LogP contribution in [0, 0.1) is 5.92 Å². The van der Waals surface area contributed by atoms with Crippen LogP contribution in [0.2, 0.25) is 0 Å². The second-order valence-electron chi connectivity index (χ2n) is 7.04. The molecular formula is C18H20F3NO4. The van der Waals surface area contributed by atoms with E-state index in [9.17, 15) is 27.9 Å². The number of rotatable bonds is 2. The summed E-state index contributed by atoms with van der Waals surface area (Å²) in [6.45, 7) is 1.97. The molecule has 1 aromatic rings. The molecule has 1 aliphatic carbocycles. The fraction of sp³-hybridized carbons (Fsp3) is 0.556. The Kier molecular flexibility index (Phi) is 4.72. The number of carbonyl (C=O) groups excluding carboxylic acids is 1. The zero-order valence-corrected chi connectivity index (χ0v) is 14.3. The maximum Gasteiger partial charge on any atom is 0.416 e. The lowest BCUT2D eigenvalue weighted by atomic mass is 9.83. The number of amides is 1. The SMILES string of the molecule is CC1CCC2(CC1)OCC(C(=O)O)N2C(=O)c1ccc(C(F)(F)F)cc1. The summed E-state index contributed by atoms with van der Waals surface area (Å²) in [7, 11) is 0. The van der Waals surface area contributed by atoms with Gasteiger partial charge in [-0.3, -0.25) is 9.69 Å². The number of carboxylic acid groups (broad SMARTS) is 1. The summed E-state index contributed by atoms with van der Waals surface area (Å²) in [5.74, 6) is -1.34. The lowest BCUT2D eigenvalue weighted by molar-refractivity contribution is -0.143. The Bertz CT molecular complexity index is 693. The first-order valence-electron chi connectivity index (χ1n) is 8.52. The molecule has 1 aliphatic heterocycles. The number of carboxylic acids is 1. The van der Waals surface area contributed by atoms with Crippen LogP contribution in [0.5, 0.6) is 0 Å². The molecule has 1 amide bonds. The highest BCUT2D eigenvalue weighted by Crippen LogP contribution is 2.43. The van der Waals surface area contributed by atoms with Gasteiger partial charge in [-0.1, -0.05) is 6.92 Å². The minimum atomic E-state index is -4.50. The van der Waals surface area contributed by atoms with Crippen molar-refractivity contribution >= 4 is 11.9 Å². The largest absolute Gasteiger partial charge is 0.480 e. The first-order valence-corrected chi connectivity index (χ1v) is 8.52. The van der Waals surface area contributed by atoms with Crippen molar-refractivity contribution in [3.63, 3.8) is 0 Å². The summed E-state index contributed by atoms with van der Waals surface area (Å²) in [6, 6.07) is 2.69. The van der Waals surface area contributed by atoms with Gasteiger partial charge in [0, 0.05) is 5.56 Å². The van der Waals surface area contributed by atoms with E-state index in [4.69, 9.17) is 4.74 Å². The normalized spacial score (nSPS) is 29.2. The van der Waals surface area contributed by atoms with Gasteiger partial charge in [0.05, 0.1) is 12.2 Å². The van der Waals surface area contributed by atoms with Gasteiger partial charge in [0.2, 0.25) is 0 Å². The first-order chi connectivity index (χ1) is 12.1. The molecule has 1 aromatic carbocycles. The maximum absolute atomic E-state index is 13.0. The Morgan fingerprint density at radius 3 is 2.27 bits per heavy atom. The summed E-state index contributed by atoms with van der Waals surface area (Å²) in [5, 5.41) is 9.47. The molecule has 8 heteroatoms. The standard InChI is InChI=1S/C18H20F3NO4/c1-11-6-8-17(9-7-11)22(14(10-26-17)16(24)25)15(23)12-2-4-13(5-3-12)18(19,20)21/h2-5,11,14H,6-10H2,1H3,(H,24,25). The Morgan fingerprint density at radius 1 is 1.19 bits per heavy atom. The molecule has 1 heterocycles. The average Bonchev–Trinajstić information content (AvgIpc) is 2.96. The van der Waals surface area contributed by atoms with E-state index in [0.717, 1.165) is 37.1 Å². The third-order valence-electron chi connectivity index (χ3n) is 5.28. The molecule has 142 valence electrons. The summed E-state index contributed by atoms with van der Waals surface area (Å²) in [5.41, 5.74) is -1.83. The minimum Gasteiger partial charge on any atom is -0.480 e. The quantitative estimate of drug-likeness (QED) is 0.864. The van der Waals surface area contributed by atoms with Crippen LogP contribution in [-0.4, -0.2) is 40.3 Å². The molecule has 3 rings (SSSR count). The molecule has 26 heavy (non-hydrogen) atoms. The zero-order valence-electron chi connectivity index (χ0n) is 14.3. The van der Waals surface area contributed by atoms with Gasteiger partial charge in [-0.15, -0.1) is 0 Å². The Labute approximate surface area is 148 Å². The second-order valence-corrected chi connectivity index (χ2v) is 7.04. The highest BCUT2D eigenvalue weighted by atomic mass is 19.4. The third kappa shape index (κ3) is 3.30. The van der Waals surface area contributed by atoms with Crippen LogP contribution in [-0.2, 0) is 15.7 Å². The number of ether oxygens (including phenoxy) is 1. The van der Waals surface area contributed by atoms with Crippen LogP contribution in [0.1, 0.15) is 48.5 Å². The van der Waals surface area contributed by atoms with Gasteiger partial charge >= 0.3 is 12.1 Å². The second kappa shape index (κ2) is 6.57. The van der Waals surface area contributed by atoms with Gasteiger partial charge in [0.15, 0.2) is 6.04 Å². The lowest BCUT2D eigenvalue weighted by Gasteiger charge is -2.42. The Balaban J connectivity index is 1.91. The molecule has 1 N–H and O–H groups in total. The molecule has 0 bridgehead atoms. The summed E-state index contributed by atoms with van der Waals surface area (Å²) in [4.78, 5) is 25.8. The van der Waals surface area contributed by atoms with Crippen LogP contribution in [0.4, 0.5) is 13.2 Å². The number of halogens is 3. The average molecular weight is 371 g/mol. The van der Waals surface area contributed by atoms with Crippen molar-refractivity contribution in [2.45, 2.75) is 50.6 Å². The zero-order chi connectivity index (χ0) is 19.1. The van der Waals surface area contributed by atoms with Crippen molar-refractivity contribution in [3.8, 4) is 0 Å². The van der Waals surface area contributed by atoms with E-state index in [0.29, 0.717) is 18.8 Å². The fourth-order valence-corrected chi connectivity index (χ4v) is 3.71. The molecule has 0 aromatic heterocycles. The van der Waals surface area contributed by atoms with Gasteiger partial charge in [0.1, 0.15) is 5.72 Å². The van der Waals surface area contributed by atoms with Crippen LogP contribution in [0.15, 0.2) is 24.3 Å². The molecule has 1 spiro atoms. The van der Waals surface area contributed by atoms with E-state index >= 15 is 0 Å². The molecule has 1 atom stereocenters. The van der Waals surface area contributed by atoms with Crippen molar-refractivity contribution in [3.05, 3.63) is 35.4 Å². The smallest absolute Gasteiger partial charge is 0.416 e. The van der Waals surface area contributed by atoms with Gasteiger partial charge in [-0.05, 0) is 55.9 Å². The van der Waals surface area contributed by atoms with Crippen molar-refractivity contribution in [1.29, 1.82) is 0 Å². The molecule has 1 unspecified atom stereocenters. The van der Waals surface area contributed by atoms with Gasteiger partial charge in [-0.25, -0.2) is 4.79 Å². The summed E-state index contributed by atoms with van der Waals surface area (Å²) >= 11 is 0. The van der Waals surface area contributed by atoms with E-state index in [2.05, 4.69) is 6.92 Å². The van der Waals surface area contributed by atoms with E-state index in [1.54, 1.807) is 0 Å². The van der Waals surface area contributed by atoms with Crippen molar-refractivity contribution in [2.75, 3.05) is 6.61 Å². The van der Waals surface area contributed by atoms with Gasteiger partial charge in [-0.2, -0.15) is 13.2 Å². The molecule has 2 aliphatic rings. The number of benzene rings is 1. The number of hydrogen-bond donors (Lipinski definition) is 1. The highest BCUT2D eigenvalue weighted by Gasteiger charge is 2.53. The van der Waals surface area contributed by atoms with Crippen LogP contribution >= 0.6 is 0 Å². The van der Waals surface area contributed by atoms with Crippen molar-refractivity contribution < 1.29 is 32.6 Å². The van der Waals surface area contributed by atoms with E-state index in [1.165, 1.54) is 4.90 Å². The molecule has 1 saturated heterocycles. The Morgan fingerprint density at radius 2 is 1.77 bits per heavy atom. The van der Waals surface area contributed by atoms with Crippen molar-refractivity contribution in [2.24, 2.45) is 5.92 Å². The molecule has 5 nitrogen and oxygen atoms in total. The number of alkyl halides is 3. The van der Waals surface area contributed by atoms with Gasteiger partial charge < -0.3 is 9.84 Å². The maximum atomic E-state index is 13.0.